The summed E-state index contributed by atoms with van der Waals surface area (Å²) in [5, 5.41) is 13.3. The molecule has 0 saturated carbocycles. The van der Waals surface area contributed by atoms with E-state index in [1.54, 1.807) is 31.2 Å². The van der Waals surface area contributed by atoms with Gasteiger partial charge in [-0.3, -0.25) is 9.59 Å². The molecule has 2 aromatic carbocycles. The maximum Gasteiger partial charge on any atom is 0.238 e. The predicted molar refractivity (Wildman–Crippen MR) is 135 cm³/mol. The molecule has 9 heteroatoms. The largest absolute Gasteiger partial charge is 0.494 e. The van der Waals surface area contributed by atoms with Crippen molar-refractivity contribution in [1.82, 2.24) is 5.32 Å². The quantitative estimate of drug-likeness (QED) is 0.278. The molecule has 0 aliphatic carbocycles. The molecule has 2 N–H and O–H groups in total. The summed E-state index contributed by atoms with van der Waals surface area (Å²) in [6.45, 7) is 4.57. The van der Waals surface area contributed by atoms with Gasteiger partial charge in [0.2, 0.25) is 11.8 Å². The highest BCUT2D eigenvalue weighted by molar-refractivity contribution is 8.15. The van der Waals surface area contributed by atoms with Gasteiger partial charge in [-0.15, -0.1) is 5.10 Å². The molecule has 0 aromatic heterocycles. The summed E-state index contributed by atoms with van der Waals surface area (Å²) >= 11 is 1.14. The number of nitrogens with one attached hydrogen (secondary N) is 2. The van der Waals surface area contributed by atoms with Crippen molar-refractivity contribution in [3.63, 3.8) is 0 Å². The minimum atomic E-state index is -0.636. The van der Waals surface area contributed by atoms with Crippen LogP contribution in [0, 0.1) is 5.82 Å². The number of unbranched alkanes of at least 4 members (excludes halogenated alkanes) is 3. The van der Waals surface area contributed by atoms with E-state index in [0.29, 0.717) is 23.6 Å². The molecule has 1 aliphatic rings. The van der Waals surface area contributed by atoms with Crippen molar-refractivity contribution >= 4 is 40.1 Å². The molecule has 3 rings (SSSR count). The lowest BCUT2D eigenvalue weighted by Crippen LogP contribution is -2.41. The highest BCUT2D eigenvalue weighted by atomic mass is 32.2. The van der Waals surface area contributed by atoms with Crippen molar-refractivity contribution in [2.45, 2.75) is 51.2 Å². The van der Waals surface area contributed by atoms with Gasteiger partial charge in [0.15, 0.2) is 5.17 Å². The number of hydrogen-bond donors (Lipinski definition) is 2. The van der Waals surface area contributed by atoms with Crippen LogP contribution in [0.5, 0.6) is 5.75 Å². The zero-order chi connectivity index (χ0) is 24.3. The number of carbonyl (C=O) groups is 2. The third-order valence-corrected chi connectivity index (χ3v) is 6.18. The molecule has 180 valence electrons. The van der Waals surface area contributed by atoms with Crippen LogP contribution in [0.4, 0.5) is 10.1 Å². The van der Waals surface area contributed by atoms with Crippen LogP contribution in [0.25, 0.3) is 0 Å². The standard InChI is InChI=1S/C25H29FN4O3S/c1-3-4-5-6-15-33-21-13-11-20(12-14-21)27-24(32)22-16-23(31)28-25(34-22)30-29-17(2)18-7-9-19(26)10-8-18/h7-14,22H,3-6,15-16H2,1-2H3,(H,27,32)(H,28,30,31)/b29-17+. The van der Waals surface area contributed by atoms with Gasteiger partial charge in [0, 0.05) is 12.1 Å². The van der Waals surface area contributed by atoms with Crippen LogP contribution in [-0.2, 0) is 9.59 Å². The number of benzene rings is 2. The highest BCUT2D eigenvalue weighted by Crippen LogP contribution is 2.23. The van der Waals surface area contributed by atoms with Gasteiger partial charge in [-0.1, -0.05) is 50.1 Å². The number of ether oxygens (including phenoxy) is 1. The van der Waals surface area contributed by atoms with E-state index in [1.165, 1.54) is 25.0 Å². The predicted octanol–water partition coefficient (Wildman–Crippen LogP) is 5.13. The smallest absolute Gasteiger partial charge is 0.238 e. The Labute approximate surface area is 203 Å². The minimum Gasteiger partial charge on any atom is -0.494 e. The average Bonchev–Trinajstić information content (AvgIpc) is 2.83. The lowest BCUT2D eigenvalue weighted by atomic mass is 10.1. The van der Waals surface area contributed by atoms with E-state index >= 15 is 0 Å². The molecular weight excluding hydrogens is 455 g/mol. The van der Waals surface area contributed by atoms with E-state index in [9.17, 15) is 14.0 Å². The maximum absolute atomic E-state index is 13.1. The van der Waals surface area contributed by atoms with Gasteiger partial charge < -0.3 is 15.4 Å². The Kier molecular flexibility index (Phi) is 9.63. The van der Waals surface area contributed by atoms with E-state index in [2.05, 4.69) is 27.8 Å². The Morgan fingerprint density at radius 2 is 1.88 bits per heavy atom. The fraction of sp³-hybridized carbons (Fsp3) is 0.360. The molecule has 0 bridgehead atoms. The molecule has 1 saturated heterocycles. The number of amides is 2. The molecule has 1 fully saturated rings. The van der Waals surface area contributed by atoms with Crippen molar-refractivity contribution in [2.24, 2.45) is 10.2 Å². The van der Waals surface area contributed by atoms with Crippen molar-refractivity contribution in [1.29, 1.82) is 0 Å². The van der Waals surface area contributed by atoms with E-state index in [-0.39, 0.29) is 29.2 Å². The van der Waals surface area contributed by atoms with Crippen LogP contribution in [0.3, 0.4) is 0 Å². The summed E-state index contributed by atoms with van der Waals surface area (Å²) in [6.07, 6.45) is 4.60. The Hall–Kier alpha value is -3.20. The molecule has 34 heavy (non-hydrogen) atoms. The summed E-state index contributed by atoms with van der Waals surface area (Å²) in [5.41, 5.74) is 1.89. The number of carbonyl (C=O) groups excluding carboxylic acids is 2. The summed E-state index contributed by atoms with van der Waals surface area (Å²) in [5.74, 6) is -0.180. The van der Waals surface area contributed by atoms with E-state index in [0.717, 1.165) is 30.4 Å². The van der Waals surface area contributed by atoms with Crippen LogP contribution >= 0.6 is 11.8 Å². The molecule has 1 atom stereocenters. The Balaban J connectivity index is 1.55. The minimum absolute atomic E-state index is 0.0368. The van der Waals surface area contributed by atoms with Crippen molar-refractivity contribution in [2.75, 3.05) is 11.9 Å². The van der Waals surface area contributed by atoms with Crippen LogP contribution in [0.1, 0.15) is 51.5 Å². The number of hydrogen-bond acceptors (Lipinski definition) is 6. The molecule has 1 unspecified atom stereocenters. The fourth-order valence-electron chi connectivity index (χ4n) is 3.18. The first-order valence-electron chi connectivity index (χ1n) is 11.3. The van der Waals surface area contributed by atoms with Gasteiger partial charge >= 0.3 is 0 Å². The molecule has 1 heterocycles. The van der Waals surface area contributed by atoms with Crippen LogP contribution < -0.4 is 15.4 Å². The molecule has 0 spiro atoms. The zero-order valence-corrected chi connectivity index (χ0v) is 20.2. The summed E-state index contributed by atoms with van der Waals surface area (Å²) in [7, 11) is 0. The molecule has 0 radical (unpaired) electrons. The number of halogens is 1. The Bertz CT molecular complexity index is 1040. The number of anilines is 1. The summed E-state index contributed by atoms with van der Waals surface area (Å²) < 4.78 is 18.8. The lowest BCUT2D eigenvalue weighted by Gasteiger charge is -2.21. The first-order valence-corrected chi connectivity index (χ1v) is 12.2. The molecule has 7 nitrogen and oxygen atoms in total. The first-order chi connectivity index (χ1) is 16.4. The third-order valence-electron chi connectivity index (χ3n) is 5.10. The molecular formula is C25H29FN4O3S. The first kappa shape index (κ1) is 25.4. The molecule has 2 aromatic rings. The lowest BCUT2D eigenvalue weighted by molar-refractivity contribution is -0.123. The topological polar surface area (TPSA) is 92.1 Å². The Morgan fingerprint density at radius 1 is 1.15 bits per heavy atom. The van der Waals surface area contributed by atoms with Crippen molar-refractivity contribution < 1.29 is 18.7 Å². The number of nitrogens with zero attached hydrogens (tertiary/aromatic N) is 2. The molecule has 2 amide bonds. The van der Waals surface area contributed by atoms with E-state index in [4.69, 9.17) is 4.74 Å². The summed E-state index contributed by atoms with van der Waals surface area (Å²) in [4.78, 5) is 24.8. The van der Waals surface area contributed by atoms with Gasteiger partial charge in [-0.05, 0) is 55.3 Å². The van der Waals surface area contributed by atoms with Gasteiger partial charge in [-0.2, -0.15) is 5.10 Å². The second-order valence-electron chi connectivity index (χ2n) is 7.88. The van der Waals surface area contributed by atoms with Crippen LogP contribution in [0.2, 0.25) is 0 Å². The number of rotatable bonds is 10. The highest BCUT2D eigenvalue weighted by Gasteiger charge is 2.30. The second kappa shape index (κ2) is 12.9. The zero-order valence-electron chi connectivity index (χ0n) is 19.3. The van der Waals surface area contributed by atoms with Gasteiger partial charge in [0.05, 0.1) is 12.3 Å². The van der Waals surface area contributed by atoms with E-state index in [1.807, 2.05) is 12.1 Å². The second-order valence-corrected chi connectivity index (χ2v) is 9.07. The number of amidine groups is 1. The normalized spacial score (nSPS) is 17.4. The maximum atomic E-state index is 13.1. The van der Waals surface area contributed by atoms with Gasteiger partial charge in [0.25, 0.3) is 0 Å². The SMILES string of the molecule is CCCCCCOc1ccc(NC(=O)C2CC(=O)NC(=N/N=C(\C)c3ccc(F)cc3)S2)cc1. The average molecular weight is 485 g/mol. The van der Waals surface area contributed by atoms with Crippen LogP contribution in [0.15, 0.2) is 58.7 Å². The van der Waals surface area contributed by atoms with Crippen molar-refractivity contribution in [3.8, 4) is 5.75 Å². The van der Waals surface area contributed by atoms with Crippen molar-refractivity contribution in [3.05, 3.63) is 59.9 Å². The fourth-order valence-corrected chi connectivity index (χ4v) is 4.12. The van der Waals surface area contributed by atoms with Gasteiger partial charge in [-0.25, -0.2) is 4.39 Å². The Morgan fingerprint density at radius 3 is 2.59 bits per heavy atom. The monoisotopic (exact) mass is 484 g/mol. The molecule has 1 aliphatic heterocycles. The van der Waals surface area contributed by atoms with Gasteiger partial charge in [0.1, 0.15) is 16.8 Å². The third kappa shape index (κ3) is 7.98. The summed E-state index contributed by atoms with van der Waals surface area (Å²) in [6, 6.07) is 13.1. The number of thioether (sulfide) groups is 1. The van der Waals surface area contributed by atoms with Crippen LogP contribution in [-0.4, -0.2) is 34.6 Å². The van der Waals surface area contributed by atoms with E-state index < -0.39 is 5.25 Å².